The Balaban J connectivity index is 1.75. The van der Waals surface area contributed by atoms with E-state index in [4.69, 9.17) is 4.74 Å². The Morgan fingerprint density at radius 1 is 0.966 bits per heavy atom. The van der Waals surface area contributed by atoms with Crippen LogP contribution in [0.4, 0.5) is 4.79 Å². The zero-order valence-corrected chi connectivity index (χ0v) is 16.3. The number of hydrogen-bond donors (Lipinski definition) is 5. The molecule has 2 aliphatic carbocycles. The molecule has 1 aliphatic heterocycles. The lowest BCUT2D eigenvalue weighted by Gasteiger charge is -2.51. The van der Waals surface area contributed by atoms with E-state index in [0.29, 0.717) is 4.31 Å². The highest BCUT2D eigenvalue weighted by Gasteiger charge is 2.65. The van der Waals surface area contributed by atoms with Gasteiger partial charge < -0.3 is 30.3 Å². The molecule has 0 bridgehead atoms. The van der Waals surface area contributed by atoms with Gasteiger partial charge in [0, 0.05) is 5.92 Å². The lowest BCUT2D eigenvalue weighted by Crippen LogP contribution is -2.67. The molecule has 160 valence electrons. The van der Waals surface area contributed by atoms with Gasteiger partial charge in [0.05, 0.1) is 23.2 Å². The topological polar surface area (TPSA) is 165 Å². The highest BCUT2D eigenvalue weighted by atomic mass is 32.2. The number of sulfonamides is 1. The number of benzene rings is 1. The fourth-order valence-electron chi connectivity index (χ4n) is 4.76. The summed E-state index contributed by atoms with van der Waals surface area (Å²) in [6.45, 7) is 1.77. The van der Waals surface area contributed by atoms with Crippen LogP contribution in [0.1, 0.15) is 12.0 Å². The minimum Gasteiger partial charge on any atom is -0.443 e. The summed E-state index contributed by atoms with van der Waals surface area (Å²) in [5, 5.41) is 51.6. The Hall–Kier alpha value is -1.76. The highest BCUT2D eigenvalue weighted by Crippen LogP contribution is 2.47. The van der Waals surface area contributed by atoms with E-state index in [2.05, 4.69) is 0 Å². The Morgan fingerprint density at radius 2 is 1.59 bits per heavy atom. The summed E-state index contributed by atoms with van der Waals surface area (Å²) in [5.74, 6) is -1.95. The number of ether oxygens (including phenoxy) is 1. The zero-order chi connectivity index (χ0) is 21.2. The van der Waals surface area contributed by atoms with Crippen LogP contribution in [0, 0.1) is 18.8 Å². The number of nitrogens with zero attached hydrogens (tertiary/aromatic N) is 1. The van der Waals surface area contributed by atoms with Crippen molar-refractivity contribution in [3.8, 4) is 0 Å². The van der Waals surface area contributed by atoms with E-state index in [1.54, 1.807) is 19.1 Å². The molecule has 29 heavy (non-hydrogen) atoms. The average molecular weight is 429 g/mol. The number of amides is 1. The summed E-state index contributed by atoms with van der Waals surface area (Å²) in [5.41, 5.74) is 0.805. The minimum absolute atomic E-state index is 0.146. The standard InChI is InChI=1S/C18H23NO9S/c1-7-2-4-8(5-3-7)29(26,27)19-12-16(24)13(21)9-6-10(20)14(22)15(23)11(9)17(12)28-18(19)25/h2-5,9-17,20-24H,6H2,1H3/t9-,10-,11-,12-,13+,14-,15-,16-,17+/m0/s1. The first-order valence-corrected chi connectivity index (χ1v) is 10.7. The van der Waals surface area contributed by atoms with Crippen molar-refractivity contribution >= 4 is 16.1 Å². The number of carbonyl (C=O) groups is 1. The van der Waals surface area contributed by atoms with Crippen LogP contribution in [-0.4, -0.2) is 87.0 Å². The van der Waals surface area contributed by atoms with Gasteiger partial charge in [0.15, 0.2) is 0 Å². The molecule has 0 aromatic heterocycles. The molecule has 4 rings (SSSR count). The number of rotatable bonds is 2. The highest BCUT2D eigenvalue weighted by molar-refractivity contribution is 7.89. The summed E-state index contributed by atoms with van der Waals surface area (Å²) in [4.78, 5) is 12.4. The van der Waals surface area contributed by atoms with Crippen LogP contribution in [0.15, 0.2) is 29.2 Å². The lowest BCUT2D eigenvalue weighted by molar-refractivity contribution is -0.209. The van der Waals surface area contributed by atoms with E-state index in [-0.39, 0.29) is 11.3 Å². The zero-order valence-electron chi connectivity index (χ0n) is 15.4. The van der Waals surface area contributed by atoms with E-state index in [1.165, 1.54) is 12.1 Å². The van der Waals surface area contributed by atoms with Gasteiger partial charge in [-0.1, -0.05) is 17.7 Å². The number of carbonyl (C=O) groups excluding carboxylic acids is 1. The Labute approximate surface area is 167 Å². The van der Waals surface area contributed by atoms with Crippen LogP contribution in [0.2, 0.25) is 0 Å². The van der Waals surface area contributed by atoms with Gasteiger partial charge >= 0.3 is 6.09 Å². The molecule has 2 saturated carbocycles. The molecule has 5 N–H and O–H groups in total. The molecule has 1 amide bonds. The van der Waals surface area contributed by atoms with Crippen molar-refractivity contribution in [2.24, 2.45) is 11.8 Å². The van der Waals surface area contributed by atoms with Gasteiger partial charge in [-0.15, -0.1) is 0 Å². The molecule has 1 saturated heterocycles. The molecule has 3 fully saturated rings. The number of fused-ring (bicyclic) bond motifs is 3. The Morgan fingerprint density at radius 3 is 2.21 bits per heavy atom. The largest absolute Gasteiger partial charge is 0.443 e. The van der Waals surface area contributed by atoms with E-state index in [0.717, 1.165) is 5.56 Å². The first-order valence-electron chi connectivity index (χ1n) is 9.27. The van der Waals surface area contributed by atoms with Crippen LogP contribution < -0.4 is 0 Å². The molecule has 3 aliphatic rings. The predicted octanol–water partition coefficient (Wildman–Crippen LogP) is -1.67. The van der Waals surface area contributed by atoms with Crippen molar-refractivity contribution in [3.63, 3.8) is 0 Å². The third-order valence-corrected chi connectivity index (χ3v) is 8.04. The van der Waals surface area contributed by atoms with Crippen molar-refractivity contribution in [2.45, 2.75) is 60.9 Å². The van der Waals surface area contributed by atoms with Gasteiger partial charge in [0.25, 0.3) is 10.0 Å². The normalized spacial score (nSPS) is 42.2. The van der Waals surface area contributed by atoms with Crippen molar-refractivity contribution < 1.29 is 43.5 Å². The quantitative estimate of drug-likeness (QED) is 0.369. The van der Waals surface area contributed by atoms with E-state index >= 15 is 0 Å². The molecule has 11 heteroatoms. The van der Waals surface area contributed by atoms with Crippen LogP contribution >= 0.6 is 0 Å². The summed E-state index contributed by atoms with van der Waals surface area (Å²) in [6, 6.07) is 4.25. The summed E-state index contributed by atoms with van der Waals surface area (Å²) in [7, 11) is -4.42. The van der Waals surface area contributed by atoms with Gasteiger partial charge in [-0.3, -0.25) is 0 Å². The lowest BCUT2D eigenvalue weighted by atomic mass is 9.62. The van der Waals surface area contributed by atoms with Gasteiger partial charge in [-0.25, -0.2) is 13.2 Å². The molecule has 0 unspecified atom stereocenters. The predicted molar refractivity (Wildman–Crippen MR) is 95.9 cm³/mol. The smallest absolute Gasteiger partial charge is 0.424 e. The molecule has 0 radical (unpaired) electrons. The molecule has 1 aromatic carbocycles. The second kappa shape index (κ2) is 6.89. The summed E-state index contributed by atoms with van der Waals surface area (Å²) >= 11 is 0. The second-order valence-corrected chi connectivity index (χ2v) is 9.77. The first kappa shape index (κ1) is 20.5. The summed E-state index contributed by atoms with van der Waals surface area (Å²) < 4.78 is 31.8. The maximum atomic E-state index is 13.1. The molecule has 10 nitrogen and oxygen atoms in total. The van der Waals surface area contributed by atoms with Crippen molar-refractivity contribution in [1.82, 2.24) is 4.31 Å². The van der Waals surface area contributed by atoms with Crippen LogP contribution in [0.5, 0.6) is 0 Å². The molecule has 0 spiro atoms. The van der Waals surface area contributed by atoms with Gasteiger partial charge in [-0.2, -0.15) is 4.31 Å². The van der Waals surface area contributed by atoms with E-state index in [1.807, 2.05) is 0 Å². The van der Waals surface area contributed by atoms with Gasteiger partial charge in [-0.05, 0) is 31.4 Å². The molecule has 1 heterocycles. The average Bonchev–Trinajstić information content (AvgIpc) is 3.02. The Kier molecular flexibility index (Phi) is 4.88. The van der Waals surface area contributed by atoms with Crippen molar-refractivity contribution in [3.05, 3.63) is 29.8 Å². The molecular weight excluding hydrogens is 406 g/mol. The number of aliphatic hydroxyl groups excluding tert-OH is 5. The number of aliphatic hydroxyl groups is 5. The minimum atomic E-state index is -4.42. The third kappa shape index (κ3) is 2.95. The first-order chi connectivity index (χ1) is 13.6. The van der Waals surface area contributed by atoms with Gasteiger partial charge in [0.1, 0.15) is 24.4 Å². The van der Waals surface area contributed by atoms with E-state index < -0.39 is 70.6 Å². The van der Waals surface area contributed by atoms with Gasteiger partial charge in [0.2, 0.25) is 0 Å². The third-order valence-electron chi connectivity index (χ3n) is 6.27. The molecule has 9 atom stereocenters. The fourth-order valence-corrected chi connectivity index (χ4v) is 6.27. The second-order valence-electron chi connectivity index (χ2n) is 7.96. The summed E-state index contributed by atoms with van der Waals surface area (Å²) in [6.07, 6.45) is -10.4. The van der Waals surface area contributed by atoms with Crippen molar-refractivity contribution in [2.75, 3.05) is 0 Å². The monoisotopic (exact) mass is 429 g/mol. The van der Waals surface area contributed by atoms with Crippen LogP contribution in [0.25, 0.3) is 0 Å². The number of aryl methyl sites for hydroxylation is 1. The van der Waals surface area contributed by atoms with Crippen molar-refractivity contribution in [1.29, 1.82) is 0 Å². The number of hydrogen-bond acceptors (Lipinski definition) is 9. The fraction of sp³-hybridized carbons (Fsp3) is 0.611. The SMILES string of the molecule is Cc1ccc(S(=O)(=O)N2C(=O)O[C@@H]3[C@@H]4[C@H](O)[C@@H](O)[C@@H](O)C[C@@H]4[C@@H](O)[C@@H](O)[C@@H]32)cc1. The molecular formula is C18H23NO9S. The van der Waals surface area contributed by atoms with Crippen LogP contribution in [0.3, 0.4) is 0 Å². The maximum absolute atomic E-state index is 13.1. The van der Waals surface area contributed by atoms with Crippen LogP contribution in [-0.2, 0) is 14.8 Å². The maximum Gasteiger partial charge on any atom is 0.424 e. The Bertz CT molecular complexity index is 904. The van der Waals surface area contributed by atoms with E-state index in [9.17, 15) is 38.7 Å². The molecule has 1 aromatic rings.